The van der Waals surface area contributed by atoms with Gasteiger partial charge in [0.2, 0.25) is 5.75 Å². The molecule has 2 N–H and O–H groups in total. The van der Waals surface area contributed by atoms with E-state index in [0.29, 0.717) is 42.8 Å². The number of ether oxygens (including phenoxy) is 4. The number of rotatable bonds is 7. The van der Waals surface area contributed by atoms with Crippen molar-refractivity contribution in [1.29, 1.82) is 0 Å². The van der Waals surface area contributed by atoms with E-state index in [9.17, 15) is 4.79 Å². The fourth-order valence-corrected chi connectivity index (χ4v) is 3.01. The third-order valence-corrected chi connectivity index (χ3v) is 4.41. The van der Waals surface area contributed by atoms with Crippen molar-refractivity contribution in [1.82, 2.24) is 15.5 Å². The molecule has 1 heterocycles. The number of methoxy groups -OCH3 is 3. The van der Waals surface area contributed by atoms with Gasteiger partial charge < -0.3 is 34.5 Å². The fraction of sp³-hybridized carbons (Fsp3) is 0.619. The number of guanidine groups is 1. The summed E-state index contributed by atoms with van der Waals surface area (Å²) in [6, 6.07) is 3.85. The van der Waals surface area contributed by atoms with Crippen LogP contribution >= 0.6 is 24.0 Å². The Morgan fingerprint density at radius 1 is 1.13 bits per heavy atom. The lowest BCUT2D eigenvalue weighted by Crippen LogP contribution is -2.63. The minimum Gasteiger partial charge on any atom is -0.493 e. The van der Waals surface area contributed by atoms with Crippen LogP contribution in [0.4, 0.5) is 4.79 Å². The Labute approximate surface area is 201 Å². The summed E-state index contributed by atoms with van der Waals surface area (Å²) in [5.74, 6) is 2.40. The highest BCUT2D eigenvalue weighted by Crippen LogP contribution is 2.39. The number of carbonyl (C=O) groups excluding carboxylic acids is 1. The van der Waals surface area contributed by atoms with Crippen molar-refractivity contribution in [3.63, 3.8) is 0 Å². The monoisotopic (exact) mass is 550 g/mol. The molecule has 0 atom stereocenters. The maximum atomic E-state index is 12.1. The van der Waals surface area contributed by atoms with Crippen molar-refractivity contribution < 1.29 is 23.7 Å². The number of likely N-dealkylation sites (tertiary alicyclic amines) is 1. The highest BCUT2D eigenvalue weighted by atomic mass is 127. The van der Waals surface area contributed by atoms with Crippen LogP contribution in [0.2, 0.25) is 0 Å². The molecule has 1 aliphatic heterocycles. The third kappa shape index (κ3) is 7.51. The molecule has 1 amide bonds. The number of nitrogens with one attached hydrogen (secondary N) is 2. The molecule has 10 heteroatoms. The quantitative estimate of drug-likeness (QED) is 0.306. The van der Waals surface area contributed by atoms with Gasteiger partial charge in [0.1, 0.15) is 5.60 Å². The van der Waals surface area contributed by atoms with Crippen LogP contribution in [-0.4, -0.2) is 69.6 Å². The first-order chi connectivity index (χ1) is 14.2. The number of nitrogens with zero attached hydrogens (tertiary/aromatic N) is 2. The average Bonchev–Trinajstić information content (AvgIpc) is 2.65. The molecule has 31 heavy (non-hydrogen) atoms. The standard InChI is InChI=1S/C21H34N4O5.HI/c1-8-22-19(24-15-12-25(13-15)20(26)30-21(2,3)4)23-11-14-9-10-16(27-5)18(29-7)17(14)28-6;/h9-10,15H,8,11-13H2,1-7H3,(H2,22,23,24);1H. The van der Waals surface area contributed by atoms with E-state index in [1.807, 2.05) is 39.8 Å². The van der Waals surface area contributed by atoms with E-state index in [1.54, 1.807) is 26.2 Å². The third-order valence-electron chi connectivity index (χ3n) is 4.41. The van der Waals surface area contributed by atoms with Crippen LogP contribution in [0.3, 0.4) is 0 Å². The minimum absolute atomic E-state index is 0. The zero-order valence-corrected chi connectivity index (χ0v) is 21.7. The number of amides is 1. The smallest absolute Gasteiger partial charge is 0.410 e. The number of hydrogen-bond donors (Lipinski definition) is 2. The van der Waals surface area contributed by atoms with Crippen molar-refractivity contribution >= 4 is 36.0 Å². The SMILES string of the molecule is CCNC(=NCc1ccc(OC)c(OC)c1OC)NC1CN(C(=O)OC(C)(C)C)C1.I. The van der Waals surface area contributed by atoms with Gasteiger partial charge in [0.05, 0.1) is 33.9 Å². The molecule has 176 valence electrons. The number of aliphatic imine (C=N–C) groups is 1. The van der Waals surface area contributed by atoms with E-state index < -0.39 is 5.60 Å². The summed E-state index contributed by atoms with van der Waals surface area (Å²) in [6.07, 6.45) is -0.294. The van der Waals surface area contributed by atoms with Gasteiger partial charge in [0.25, 0.3) is 0 Å². The molecule has 1 aromatic carbocycles. The van der Waals surface area contributed by atoms with Gasteiger partial charge in [-0.3, -0.25) is 0 Å². The Kier molecular flexibility index (Phi) is 10.5. The largest absolute Gasteiger partial charge is 0.493 e. The summed E-state index contributed by atoms with van der Waals surface area (Å²) in [5, 5.41) is 6.58. The Hall–Kier alpha value is -2.11. The normalized spacial score (nSPS) is 14.2. The molecule has 0 spiro atoms. The van der Waals surface area contributed by atoms with Gasteiger partial charge in [0, 0.05) is 25.2 Å². The van der Waals surface area contributed by atoms with Crippen molar-refractivity contribution in [3.05, 3.63) is 17.7 Å². The number of hydrogen-bond acceptors (Lipinski definition) is 6. The molecular formula is C21H35IN4O5. The van der Waals surface area contributed by atoms with Gasteiger partial charge in [-0.05, 0) is 39.8 Å². The maximum absolute atomic E-state index is 12.1. The molecule has 9 nitrogen and oxygen atoms in total. The maximum Gasteiger partial charge on any atom is 0.410 e. The van der Waals surface area contributed by atoms with E-state index in [1.165, 1.54) is 0 Å². The minimum atomic E-state index is -0.496. The van der Waals surface area contributed by atoms with Crippen LogP contribution in [0.1, 0.15) is 33.3 Å². The van der Waals surface area contributed by atoms with Crippen molar-refractivity contribution in [2.75, 3.05) is 41.0 Å². The molecule has 0 aliphatic carbocycles. The van der Waals surface area contributed by atoms with Crippen molar-refractivity contribution in [2.24, 2.45) is 4.99 Å². The molecule has 2 rings (SSSR count). The lowest BCUT2D eigenvalue weighted by atomic mass is 10.1. The van der Waals surface area contributed by atoms with Crippen LogP contribution < -0.4 is 24.8 Å². The summed E-state index contributed by atoms with van der Waals surface area (Å²) in [4.78, 5) is 18.4. The molecule has 1 fully saturated rings. The lowest BCUT2D eigenvalue weighted by molar-refractivity contribution is 0.00700. The van der Waals surface area contributed by atoms with Crippen molar-refractivity contribution in [3.8, 4) is 17.2 Å². The van der Waals surface area contributed by atoms with Gasteiger partial charge in [-0.2, -0.15) is 0 Å². The highest BCUT2D eigenvalue weighted by molar-refractivity contribution is 14.0. The highest BCUT2D eigenvalue weighted by Gasteiger charge is 2.34. The number of benzene rings is 1. The first kappa shape index (κ1) is 26.9. The van der Waals surface area contributed by atoms with E-state index in [4.69, 9.17) is 18.9 Å². The summed E-state index contributed by atoms with van der Waals surface area (Å²) < 4.78 is 21.7. The molecule has 0 saturated carbocycles. The Bertz CT molecular complexity index is 761. The van der Waals surface area contributed by atoms with Crippen LogP contribution in [0.5, 0.6) is 17.2 Å². The van der Waals surface area contributed by atoms with Crippen LogP contribution in [-0.2, 0) is 11.3 Å². The summed E-state index contributed by atoms with van der Waals surface area (Å²) in [6.45, 7) is 9.83. The predicted octanol–water partition coefficient (Wildman–Crippen LogP) is 3.00. The second-order valence-electron chi connectivity index (χ2n) is 7.92. The molecule has 1 aromatic rings. The summed E-state index contributed by atoms with van der Waals surface area (Å²) in [7, 11) is 4.75. The Morgan fingerprint density at radius 3 is 2.29 bits per heavy atom. The second kappa shape index (κ2) is 12.1. The van der Waals surface area contributed by atoms with Crippen LogP contribution in [0, 0.1) is 0 Å². The molecule has 0 bridgehead atoms. The zero-order valence-electron chi connectivity index (χ0n) is 19.4. The van der Waals surface area contributed by atoms with Gasteiger partial charge in [-0.25, -0.2) is 9.79 Å². The first-order valence-corrected chi connectivity index (χ1v) is 10.0. The number of halogens is 1. The predicted molar refractivity (Wildman–Crippen MR) is 131 cm³/mol. The molecule has 0 radical (unpaired) electrons. The van der Waals surface area contributed by atoms with Gasteiger partial charge in [0.15, 0.2) is 17.5 Å². The molecule has 1 saturated heterocycles. The van der Waals surface area contributed by atoms with Gasteiger partial charge in [-0.1, -0.05) is 0 Å². The Morgan fingerprint density at radius 2 is 1.77 bits per heavy atom. The fourth-order valence-electron chi connectivity index (χ4n) is 3.01. The lowest BCUT2D eigenvalue weighted by Gasteiger charge is -2.40. The van der Waals surface area contributed by atoms with Crippen LogP contribution in [0.15, 0.2) is 17.1 Å². The van der Waals surface area contributed by atoms with E-state index in [-0.39, 0.29) is 36.1 Å². The average molecular weight is 550 g/mol. The molecule has 0 aromatic heterocycles. The van der Waals surface area contributed by atoms with Gasteiger partial charge >= 0.3 is 6.09 Å². The van der Waals surface area contributed by atoms with Crippen molar-refractivity contribution in [2.45, 2.75) is 45.9 Å². The van der Waals surface area contributed by atoms with E-state index in [0.717, 1.165) is 12.1 Å². The van der Waals surface area contributed by atoms with Crippen LogP contribution in [0.25, 0.3) is 0 Å². The Balaban J connectivity index is 0.00000480. The summed E-state index contributed by atoms with van der Waals surface area (Å²) in [5.41, 5.74) is 0.376. The van der Waals surface area contributed by atoms with E-state index >= 15 is 0 Å². The molecule has 0 unspecified atom stereocenters. The second-order valence-corrected chi connectivity index (χ2v) is 7.92. The molecule has 1 aliphatic rings. The number of carbonyl (C=O) groups is 1. The van der Waals surface area contributed by atoms with E-state index in [2.05, 4.69) is 15.6 Å². The topological polar surface area (TPSA) is 93.7 Å². The summed E-state index contributed by atoms with van der Waals surface area (Å²) >= 11 is 0. The molecular weight excluding hydrogens is 515 g/mol. The first-order valence-electron chi connectivity index (χ1n) is 10.0. The zero-order chi connectivity index (χ0) is 22.3. The van der Waals surface area contributed by atoms with Gasteiger partial charge in [-0.15, -0.1) is 24.0 Å².